The average molecular weight is 662 g/mol. The van der Waals surface area contributed by atoms with Crippen LogP contribution in [-0.2, 0) is 20.8 Å². The third kappa shape index (κ3) is 8.85. The molecule has 0 fully saturated rings. The van der Waals surface area contributed by atoms with E-state index in [-0.39, 0.29) is 19.1 Å². The van der Waals surface area contributed by atoms with Crippen molar-refractivity contribution < 1.29 is 33.3 Å². The van der Waals surface area contributed by atoms with E-state index in [1.54, 1.807) is 56.5 Å². The fourth-order valence-electron chi connectivity index (χ4n) is 3.67. The Kier molecular flexibility index (Phi) is 12.0. The number of hydrogen-bond acceptors (Lipinski definition) is 8. The lowest BCUT2D eigenvalue weighted by molar-refractivity contribution is -0.139. The molecule has 3 rings (SSSR count). The van der Waals surface area contributed by atoms with Gasteiger partial charge in [-0.2, -0.15) is 5.10 Å². The Labute approximate surface area is 256 Å². The molecule has 3 N–H and O–H groups in total. The van der Waals surface area contributed by atoms with Crippen LogP contribution in [0.15, 0.2) is 58.1 Å². The predicted octanol–water partition coefficient (Wildman–Crippen LogP) is 4.26. The SMILES string of the molecule is COc1ccc(CCNC(=O)C(=O)N/N=C\c2cc(Br)c(OCC(=O)Nc3cccc(Cl)c3C)c(OC)c2)cc1OC. The topological polar surface area (TPSA) is 137 Å². The van der Waals surface area contributed by atoms with Gasteiger partial charge in [-0.15, -0.1) is 0 Å². The average Bonchev–Trinajstić information content (AvgIpc) is 2.98. The number of ether oxygens (including phenoxy) is 4. The van der Waals surface area contributed by atoms with Crippen LogP contribution in [0.2, 0.25) is 5.02 Å². The molecule has 222 valence electrons. The minimum absolute atomic E-state index is 0.230. The maximum atomic E-state index is 12.4. The van der Waals surface area contributed by atoms with Crippen molar-refractivity contribution in [2.24, 2.45) is 5.10 Å². The Hall–Kier alpha value is -4.29. The van der Waals surface area contributed by atoms with Crippen LogP contribution in [0.25, 0.3) is 0 Å². The Balaban J connectivity index is 1.51. The van der Waals surface area contributed by atoms with E-state index in [1.165, 1.54) is 20.4 Å². The van der Waals surface area contributed by atoms with Gasteiger partial charge in [0.05, 0.1) is 32.0 Å². The first-order chi connectivity index (χ1) is 20.2. The molecule has 0 atom stereocenters. The Morgan fingerprint density at radius 2 is 1.69 bits per heavy atom. The van der Waals surface area contributed by atoms with Crippen LogP contribution in [0.4, 0.5) is 5.69 Å². The van der Waals surface area contributed by atoms with Crippen molar-refractivity contribution in [1.82, 2.24) is 10.7 Å². The molecule has 0 aliphatic rings. The first-order valence-corrected chi connectivity index (χ1v) is 13.7. The number of benzene rings is 3. The van der Waals surface area contributed by atoms with Crippen LogP contribution in [0.5, 0.6) is 23.0 Å². The number of amides is 3. The van der Waals surface area contributed by atoms with Crippen molar-refractivity contribution in [3.8, 4) is 23.0 Å². The van der Waals surface area contributed by atoms with Gasteiger partial charge in [0.1, 0.15) is 0 Å². The second-order valence-electron chi connectivity index (χ2n) is 8.68. The highest BCUT2D eigenvalue weighted by atomic mass is 79.9. The lowest BCUT2D eigenvalue weighted by Crippen LogP contribution is -2.38. The van der Waals surface area contributed by atoms with Crippen LogP contribution in [0.3, 0.4) is 0 Å². The second kappa shape index (κ2) is 15.6. The van der Waals surface area contributed by atoms with Gasteiger partial charge in [-0.1, -0.05) is 23.7 Å². The van der Waals surface area contributed by atoms with E-state index in [0.29, 0.717) is 50.2 Å². The van der Waals surface area contributed by atoms with E-state index in [2.05, 4.69) is 37.1 Å². The smallest absolute Gasteiger partial charge is 0.329 e. The number of carbonyl (C=O) groups excluding carboxylic acids is 3. The monoisotopic (exact) mass is 660 g/mol. The summed E-state index contributed by atoms with van der Waals surface area (Å²) in [5.41, 5.74) is 4.94. The zero-order chi connectivity index (χ0) is 30.6. The molecule has 0 saturated carbocycles. The summed E-state index contributed by atoms with van der Waals surface area (Å²) >= 11 is 9.51. The van der Waals surface area contributed by atoms with Crippen LogP contribution >= 0.6 is 27.5 Å². The van der Waals surface area contributed by atoms with Crippen LogP contribution in [0.1, 0.15) is 16.7 Å². The molecule has 11 nitrogen and oxygen atoms in total. The fourth-order valence-corrected chi connectivity index (χ4v) is 4.42. The normalized spacial score (nSPS) is 10.6. The summed E-state index contributed by atoms with van der Waals surface area (Å²) < 4.78 is 22.0. The number of anilines is 1. The molecule has 3 amide bonds. The van der Waals surface area contributed by atoms with Crippen molar-refractivity contribution in [1.29, 1.82) is 0 Å². The predicted molar refractivity (Wildman–Crippen MR) is 163 cm³/mol. The lowest BCUT2D eigenvalue weighted by Gasteiger charge is -2.14. The van der Waals surface area contributed by atoms with Crippen LogP contribution in [0, 0.1) is 6.92 Å². The van der Waals surface area contributed by atoms with E-state index in [1.807, 2.05) is 6.07 Å². The first kappa shape index (κ1) is 32.2. The number of halogens is 2. The van der Waals surface area contributed by atoms with Gasteiger partial charge in [0.15, 0.2) is 29.6 Å². The number of hydrogen-bond donors (Lipinski definition) is 3. The molecule has 0 unspecified atom stereocenters. The van der Waals surface area contributed by atoms with Crippen molar-refractivity contribution in [2.75, 3.05) is 39.8 Å². The summed E-state index contributed by atoms with van der Waals surface area (Å²) in [4.78, 5) is 36.7. The Morgan fingerprint density at radius 3 is 2.40 bits per heavy atom. The largest absolute Gasteiger partial charge is 0.493 e. The molecular weight excluding hydrogens is 632 g/mol. The van der Waals surface area contributed by atoms with E-state index >= 15 is 0 Å². The molecule has 3 aromatic carbocycles. The van der Waals surface area contributed by atoms with Gasteiger partial charge >= 0.3 is 11.8 Å². The van der Waals surface area contributed by atoms with Gasteiger partial charge in [0, 0.05) is 17.3 Å². The molecule has 42 heavy (non-hydrogen) atoms. The number of nitrogens with zero attached hydrogens (tertiary/aromatic N) is 1. The maximum absolute atomic E-state index is 12.4. The molecule has 13 heteroatoms. The lowest BCUT2D eigenvalue weighted by atomic mass is 10.1. The number of carbonyl (C=O) groups is 3. The zero-order valence-electron chi connectivity index (χ0n) is 23.4. The highest BCUT2D eigenvalue weighted by molar-refractivity contribution is 9.10. The number of rotatable bonds is 12. The van der Waals surface area contributed by atoms with Crippen molar-refractivity contribution in [3.05, 3.63) is 74.7 Å². The molecular formula is C29H30BrClN4O7. The molecule has 0 aliphatic carbocycles. The van der Waals surface area contributed by atoms with Crippen LogP contribution in [-0.4, -0.2) is 58.4 Å². The van der Waals surface area contributed by atoms with Gasteiger partial charge in [0.25, 0.3) is 5.91 Å². The van der Waals surface area contributed by atoms with Gasteiger partial charge in [0.2, 0.25) is 0 Å². The van der Waals surface area contributed by atoms with Gasteiger partial charge in [-0.3, -0.25) is 14.4 Å². The summed E-state index contributed by atoms with van der Waals surface area (Å²) in [6, 6.07) is 13.9. The fraction of sp³-hybridized carbons (Fsp3) is 0.241. The van der Waals surface area contributed by atoms with Crippen molar-refractivity contribution >= 4 is 57.2 Å². The quantitative estimate of drug-likeness (QED) is 0.150. The summed E-state index contributed by atoms with van der Waals surface area (Å²) in [6.45, 7) is 1.74. The molecule has 0 saturated heterocycles. The number of nitrogens with one attached hydrogen (secondary N) is 3. The van der Waals surface area contributed by atoms with Gasteiger partial charge in [-0.05, 0) is 82.4 Å². The summed E-state index contributed by atoms with van der Waals surface area (Å²) in [6.07, 6.45) is 1.81. The molecule has 0 bridgehead atoms. The summed E-state index contributed by atoms with van der Waals surface area (Å²) in [7, 11) is 4.53. The molecule has 0 radical (unpaired) electrons. The van der Waals surface area contributed by atoms with Gasteiger partial charge < -0.3 is 29.6 Å². The van der Waals surface area contributed by atoms with Crippen LogP contribution < -0.4 is 35.0 Å². The van der Waals surface area contributed by atoms with E-state index in [4.69, 9.17) is 30.5 Å². The van der Waals surface area contributed by atoms with E-state index in [9.17, 15) is 14.4 Å². The van der Waals surface area contributed by atoms with E-state index < -0.39 is 11.8 Å². The number of hydrazone groups is 1. The maximum Gasteiger partial charge on any atom is 0.329 e. The Bertz CT molecular complexity index is 1480. The van der Waals surface area contributed by atoms with Gasteiger partial charge in [-0.25, -0.2) is 5.43 Å². The molecule has 0 aromatic heterocycles. The standard InChI is InChI=1S/C29H30BrClN4O7/c1-17-21(31)6-5-7-22(17)34-26(36)16-42-27-20(30)12-19(14-25(27)41-4)15-33-35-29(38)28(37)32-11-10-18-8-9-23(39-2)24(13-18)40-3/h5-9,12-15H,10-11,16H2,1-4H3,(H,32,37)(H,34,36)(H,35,38)/b33-15-. The van der Waals surface area contributed by atoms with Crippen molar-refractivity contribution in [2.45, 2.75) is 13.3 Å². The first-order valence-electron chi connectivity index (χ1n) is 12.5. The second-order valence-corrected chi connectivity index (χ2v) is 9.94. The van der Waals surface area contributed by atoms with E-state index in [0.717, 1.165) is 11.1 Å². The zero-order valence-corrected chi connectivity index (χ0v) is 25.7. The number of methoxy groups -OCH3 is 3. The summed E-state index contributed by atoms with van der Waals surface area (Å²) in [5, 5.41) is 9.69. The third-order valence-corrected chi connectivity index (χ3v) is 6.87. The highest BCUT2D eigenvalue weighted by Crippen LogP contribution is 2.36. The molecule has 0 aliphatic heterocycles. The minimum Gasteiger partial charge on any atom is -0.493 e. The highest BCUT2D eigenvalue weighted by Gasteiger charge is 2.15. The molecule has 3 aromatic rings. The Morgan fingerprint density at radius 1 is 0.952 bits per heavy atom. The summed E-state index contributed by atoms with van der Waals surface area (Å²) in [5.74, 6) is -0.355. The van der Waals surface area contributed by atoms with Crippen molar-refractivity contribution in [3.63, 3.8) is 0 Å². The molecule has 0 heterocycles. The third-order valence-electron chi connectivity index (χ3n) is 5.87. The molecule has 0 spiro atoms. The minimum atomic E-state index is -0.925.